The van der Waals surface area contributed by atoms with Gasteiger partial charge in [-0.05, 0) is 37.6 Å². The lowest BCUT2D eigenvalue weighted by molar-refractivity contribution is -0.125. The third-order valence-corrected chi connectivity index (χ3v) is 5.04. The van der Waals surface area contributed by atoms with Gasteiger partial charge in [-0.25, -0.2) is 0 Å². The van der Waals surface area contributed by atoms with Crippen molar-refractivity contribution in [3.8, 4) is 0 Å². The van der Waals surface area contributed by atoms with E-state index < -0.39 is 17.9 Å². The zero-order valence-corrected chi connectivity index (χ0v) is 15.4. The summed E-state index contributed by atoms with van der Waals surface area (Å²) in [7, 11) is 0. The van der Waals surface area contributed by atoms with Crippen LogP contribution in [0.15, 0.2) is 53.0 Å². The second-order valence-electron chi connectivity index (χ2n) is 5.95. The first-order valence-corrected chi connectivity index (χ1v) is 8.73. The number of carbonyl (C=O) groups excluding carboxylic acids is 3. The fourth-order valence-corrected chi connectivity index (χ4v) is 3.54. The van der Waals surface area contributed by atoms with Crippen LogP contribution in [-0.2, 0) is 4.79 Å². The predicted octanol–water partition coefficient (Wildman–Crippen LogP) is 3.31. The first-order valence-electron chi connectivity index (χ1n) is 7.93. The third kappa shape index (κ3) is 3.09. The molecule has 0 aliphatic carbocycles. The molecule has 1 heterocycles. The van der Waals surface area contributed by atoms with E-state index >= 15 is 0 Å². The molecule has 0 saturated carbocycles. The Hall–Kier alpha value is -2.47. The van der Waals surface area contributed by atoms with E-state index in [1.165, 1.54) is 0 Å². The molecular formula is C19H17BrN2O3. The molecule has 6 heteroatoms. The Balaban J connectivity index is 1.77. The number of carbonyl (C=O) groups is 3. The number of halogens is 1. The van der Waals surface area contributed by atoms with Crippen LogP contribution in [0.4, 0.5) is 0 Å². The predicted molar refractivity (Wildman–Crippen MR) is 97.1 cm³/mol. The molecule has 0 radical (unpaired) electrons. The Morgan fingerprint density at radius 2 is 1.48 bits per heavy atom. The third-order valence-electron chi connectivity index (χ3n) is 4.32. The number of hydrogen-bond acceptors (Lipinski definition) is 3. The highest BCUT2D eigenvalue weighted by Crippen LogP contribution is 2.26. The van der Waals surface area contributed by atoms with Gasteiger partial charge in [0.1, 0.15) is 6.04 Å². The molecule has 1 N–H and O–H groups in total. The normalized spacial score (nSPS) is 15.7. The minimum atomic E-state index is -0.891. The van der Waals surface area contributed by atoms with Gasteiger partial charge in [0.25, 0.3) is 11.8 Å². The molecule has 0 fully saturated rings. The fourth-order valence-electron chi connectivity index (χ4n) is 2.91. The minimum absolute atomic E-state index is 0.263. The van der Waals surface area contributed by atoms with E-state index in [2.05, 4.69) is 21.2 Å². The van der Waals surface area contributed by atoms with Crippen LogP contribution in [0.25, 0.3) is 0 Å². The van der Waals surface area contributed by atoms with Crippen LogP contribution >= 0.6 is 15.9 Å². The molecule has 2 atom stereocenters. The quantitative estimate of drug-likeness (QED) is 0.800. The highest BCUT2D eigenvalue weighted by atomic mass is 79.9. The molecular weight excluding hydrogens is 384 g/mol. The molecule has 3 amide bonds. The summed E-state index contributed by atoms with van der Waals surface area (Å²) >= 11 is 3.46. The van der Waals surface area contributed by atoms with E-state index in [0.717, 1.165) is 14.9 Å². The summed E-state index contributed by atoms with van der Waals surface area (Å²) in [4.78, 5) is 38.6. The SMILES string of the molecule is CC(NC(=O)C(C)N1C(=O)c2ccccc2C1=O)c1ccccc1Br. The number of hydrogen-bond donors (Lipinski definition) is 1. The van der Waals surface area contributed by atoms with E-state index in [-0.39, 0.29) is 11.9 Å². The molecule has 0 aromatic heterocycles. The first-order chi connectivity index (χ1) is 11.9. The van der Waals surface area contributed by atoms with Gasteiger partial charge in [-0.2, -0.15) is 0 Å². The monoisotopic (exact) mass is 400 g/mol. The summed E-state index contributed by atoms with van der Waals surface area (Å²) in [6.07, 6.45) is 0. The topological polar surface area (TPSA) is 66.5 Å². The Labute approximate surface area is 154 Å². The minimum Gasteiger partial charge on any atom is -0.348 e. The Kier molecular flexibility index (Phi) is 4.72. The molecule has 128 valence electrons. The molecule has 2 aromatic carbocycles. The number of nitrogens with zero attached hydrogens (tertiary/aromatic N) is 1. The number of imide groups is 1. The van der Waals surface area contributed by atoms with Crippen LogP contribution in [-0.4, -0.2) is 28.7 Å². The maximum absolute atomic E-state index is 12.6. The van der Waals surface area contributed by atoms with Crippen molar-refractivity contribution >= 4 is 33.7 Å². The van der Waals surface area contributed by atoms with Gasteiger partial charge < -0.3 is 5.32 Å². The first kappa shape index (κ1) is 17.4. The summed E-state index contributed by atoms with van der Waals surface area (Å²) < 4.78 is 0.885. The van der Waals surface area contributed by atoms with Crippen molar-refractivity contribution in [2.45, 2.75) is 25.9 Å². The Bertz CT molecular complexity index is 830. The summed E-state index contributed by atoms with van der Waals surface area (Å²) in [6.45, 7) is 3.41. The Morgan fingerprint density at radius 3 is 2.04 bits per heavy atom. The van der Waals surface area contributed by atoms with Crippen LogP contribution in [0, 0.1) is 0 Å². The van der Waals surface area contributed by atoms with Gasteiger partial charge in [-0.1, -0.05) is 46.3 Å². The molecule has 2 aromatic rings. The standard InChI is InChI=1S/C19H17BrN2O3/c1-11(13-7-5-6-10-16(13)20)21-17(23)12(2)22-18(24)14-8-3-4-9-15(14)19(22)25/h3-12H,1-2H3,(H,21,23). The van der Waals surface area contributed by atoms with Crippen LogP contribution in [0.1, 0.15) is 46.2 Å². The molecule has 1 aliphatic heterocycles. The number of amides is 3. The van der Waals surface area contributed by atoms with Gasteiger partial charge in [0, 0.05) is 4.47 Å². The molecule has 25 heavy (non-hydrogen) atoms. The van der Waals surface area contributed by atoms with E-state index in [1.54, 1.807) is 31.2 Å². The van der Waals surface area contributed by atoms with Gasteiger partial charge in [0.2, 0.25) is 5.91 Å². The van der Waals surface area contributed by atoms with Crippen molar-refractivity contribution in [2.24, 2.45) is 0 Å². The van der Waals surface area contributed by atoms with Crippen LogP contribution in [0.5, 0.6) is 0 Å². The molecule has 0 bridgehead atoms. The lowest BCUT2D eigenvalue weighted by atomic mass is 10.1. The van der Waals surface area contributed by atoms with Gasteiger partial charge in [-0.15, -0.1) is 0 Å². The van der Waals surface area contributed by atoms with Gasteiger partial charge >= 0.3 is 0 Å². The maximum Gasteiger partial charge on any atom is 0.262 e. The molecule has 1 aliphatic rings. The van der Waals surface area contributed by atoms with E-state index in [1.807, 2.05) is 31.2 Å². The van der Waals surface area contributed by atoms with Crippen molar-refractivity contribution in [1.29, 1.82) is 0 Å². The largest absolute Gasteiger partial charge is 0.348 e. The number of fused-ring (bicyclic) bond motifs is 1. The molecule has 0 saturated heterocycles. The second-order valence-corrected chi connectivity index (χ2v) is 6.81. The molecule has 0 spiro atoms. The van der Waals surface area contributed by atoms with E-state index in [4.69, 9.17) is 0 Å². The zero-order valence-electron chi connectivity index (χ0n) is 13.8. The van der Waals surface area contributed by atoms with E-state index in [0.29, 0.717) is 11.1 Å². The zero-order chi connectivity index (χ0) is 18.1. The lowest BCUT2D eigenvalue weighted by Crippen LogP contribution is -2.48. The summed E-state index contributed by atoms with van der Waals surface area (Å²) in [5.41, 5.74) is 1.60. The van der Waals surface area contributed by atoms with Gasteiger partial charge in [0.15, 0.2) is 0 Å². The smallest absolute Gasteiger partial charge is 0.262 e. The number of nitrogens with one attached hydrogen (secondary N) is 1. The molecule has 2 unspecified atom stereocenters. The van der Waals surface area contributed by atoms with Crippen molar-refractivity contribution in [2.75, 3.05) is 0 Å². The highest BCUT2D eigenvalue weighted by Gasteiger charge is 2.40. The van der Waals surface area contributed by atoms with Gasteiger partial charge in [-0.3, -0.25) is 19.3 Å². The molecule has 3 rings (SSSR count). The van der Waals surface area contributed by atoms with Crippen molar-refractivity contribution in [3.05, 3.63) is 69.7 Å². The van der Waals surface area contributed by atoms with Crippen molar-refractivity contribution < 1.29 is 14.4 Å². The van der Waals surface area contributed by atoms with Crippen LogP contribution < -0.4 is 5.32 Å². The average molecular weight is 401 g/mol. The summed E-state index contributed by atoms with van der Waals surface area (Å²) in [5, 5.41) is 2.87. The molecule has 5 nitrogen and oxygen atoms in total. The van der Waals surface area contributed by atoms with Crippen LogP contribution in [0.2, 0.25) is 0 Å². The highest BCUT2D eigenvalue weighted by molar-refractivity contribution is 9.10. The number of rotatable bonds is 4. The van der Waals surface area contributed by atoms with E-state index in [9.17, 15) is 14.4 Å². The maximum atomic E-state index is 12.6. The van der Waals surface area contributed by atoms with Crippen molar-refractivity contribution in [3.63, 3.8) is 0 Å². The average Bonchev–Trinajstić information content (AvgIpc) is 2.86. The van der Waals surface area contributed by atoms with Crippen molar-refractivity contribution in [1.82, 2.24) is 10.2 Å². The number of benzene rings is 2. The fraction of sp³-hybridized carbons (Fsp3) is 0.211. The van der Waals surface area contributed by atoms with Crippen LogP contribution in [0.3, 0.4) is 0 Å². The summed E-state index contributed by atoms with van der Waals surface area (Å²) in [6, 6.07) is 13.0. The lowest BCUT2D eigenvalue weighted by Gasteiger charge is -2.24. The summed E-state index contributed by atoms with van der Waals surface area (Å²) in [5.74, 6) is -1.24. The van der Waals surface area contributed by atoms with Gasteiger partial charge in [0.05, 0.1) is 17.2 Å². The Morgan fingerprint density at radius 1 is 0.960 bits per heavy atom. The second kappa shape index (κ2) is 6.80.